The normalized spacial score (nSPS) is 17.5. The number of hydrogen-bond donors (Lipinski definition) is 0. The Bertz CT molecular complexity index is 3850. The van der Waals surface area contributed by atoms with Gasteiger partial charge in [-0.05, 0) is 201 Å². The summed E-state index contributed by atoms with van der Waals surface area (Å²) < 4.78 is 7.26. The number of para-hydroxylation sites is 3. The van der Waals surface area contributed by atoms with Crippen LogP contribution in [0.2, 0.25) is 0 Å². The number of aryl methyl sites for hydroxylation is 3. The van der Waals surface area contributed by atoms with Gasteiger partial charge in [-0.15, -0.1) is 0 Å². The number of hydrogen-bond acceptors (Lipinski definition) is 4. The topological polar surface area (TPSA) is 22.9 Å². The fourth-order valence-corrected chi connectivity index (χ4v) is 14.0. The molecule has 0 amide bonds. The second kappa shape index (κ2) is 16.5. The van der Waals surface area contributed by atoms with Crippen molar-refractivity contribution in [3.05, 3.63) is 190 Å². The quantitative estimate of drug-likeness (QED) is 0.160. The Morgan fingerprint density at radius 1 is 0.474 bits per heavy atom. The Morgan fingerprint density at radius 2 is 1.05 bits per heavy atom. The first-order valence-corrected chi connectivity index (χ1v) is 28.1. The monoisotopic (exact) mass is 996 g/mol. The van der Waals surface area contributed by atoms with Gasteiger partial charge in [0.1, 0.15) is 5.58 Å². The summed E-state index contributed by atoms with van der Waals surface area (Å²) in [6, 6.07) is 56.4. The highest BCUT2D eigenvalue weighted by Crippen LogP contribution is 2.54. The number of fused-ring (bicyclic) bond motifs is 9. The molecular weight excluding hydrogens is 922 g/mol. The Kier molecular flexibility index (Phi) is 10.6. The molecule has 9 aromatic rings. The molecule has 1 aromatic heterocycles. The summed E-state index contributed by atoms with van der Waals surface area (Å²) in [6.45, 7) is 33.3. The lowest BCUT2D eigenvalue weighted by atomic mass is 9.33. The van der Waals surface area contributed by atoms with Crippen LogP contribution in [0.15, 0.2) is 150 Å². The van der Waals surface area contributed by atoms with E-state index in [2.05, 4.69) is 257 Å². The molecule has 4 aliphatic rings. The third-order valence-corrected chi connectivity index (χ3v) is 18.8. The molecule has 0 bridgehead atoms. The molecule has 382 valence electrons. The largest absolute Gasteiger partial charge is 0.454 e. The van der Waals surface area contributed by atoms with Gasteiger partial charge in [0.05, 0.1) is 5.69 Å². The molecular formula is C71H74BN3O. The average molecular weight is 996 g/mol. The number of anilines is 9. The Balaban J connectivity index is 1.15. The highest BCUT2D eigenvalue weighted by atomic mass is 16.3. The lowest BCUT2D eigenvalue weighted by Gasteiger charge is -2.48. The van der Waals surface area contributed by atoms with E-state index in [0.29, 0.717) is 0 Å². The number of rotatable bonds is 5. The molecule has 2 aliphatic carbocycles. The van der Waals surface area contributed by atoms with Crippen LogP contribution < -0.4 is 31.1 Å². The second-order valence-corrected chi connectivity index (χ2v) is 26.9. The van der Waals surface area contributed by atoms with Gasteiger partial charge in [-0.1, -0.05) is 155 Å². The Hall–Kier alpha value is -6.98. The van der Waals surface area contributed by atoms with E-state index in [1.165, 1.54) is 101 Å². The maximum absolute atomic E-state index is 7.26. The predicted molar refractivity (Wildman–Crippen MR) is 326 cm³/mol. The van der Waals surface area contributed by atoms with Crippen molar-refractivity contribution in [1.29, 1.82) is 0 Å². The Labute approximate surface area is 452 Å². The van der Waals surface area contributed by atoms with Crippen molar-refractivity contribution in [3.8, 4) is 0 Å². The van der Waals surface area contributed by atoms with Gasteiger partial charge in [0.25, 0.3) is 6.71 Å². The van der Waals surface area contributed by atoms with Crippen LogP contribution in [0.25, 0.3) is 21.9 Å². The molecule has 76 heavy (non-hydrogen) atoms. The van der Waals surface area contributed by atoms with Crippen molar-refractivity contribution in [1.82, 2.24) is 0 Å². The summed E-state index contributed by atoms with van der Waals surface area (Å²) in [5.74, 6) is 0. The maximum atomic E-state index is 7.26. The SMILES string of the molecule is Cc1cc2c3c(c1)N(c1cccc4c1oc1cc(C(C)(C)C)ccc14)c1cc(N(c4ccccc4C)c4ccccc4C)ccc1B3c1cc3c(cc1N2c1ccc2c(c1)C(C)(C)CCC2(C)C)C(C)(C)CCC3(C)C. The van der Waals surface area contributed by atoms with Crippen molar-refractivity contribution >= 4 is 96.2 Å². The highest BCUT2D eigenvalue weighted by molar-refractivity contribution is 7.00. The van der Waals surface area contributed by atoms with E-state index in [9.17, 15) is 0 Å². The maximum Gasteiger partial charge on any atom is 0.252 e. The predicted octanol–water partition coefficient (Wildman–Crippen LogP) is 18.1. The fourth-order valence-electron chi connectivity index (χ4n) is 14.0. The molecule has 0 N–H and O–H groups in total. The van der Waals surface area contributed by atoms with Gasteiger partial charge >= 0.3 is 0 Å². The van der Waals surface area contributed by atoms with E-state index in [1.807, 2.05) is 0 Å². The molecule has 13 rings (SSSR count). The minimum Gasteiger partial charge on any atom is -0.454 e. The van der Waals surface area contributed by atoms with Crippen molar-refractivity contribution in [2.75, 3.05) is 14.7 Å². The van der Waals surface area contributed by atoms with Gasteiger partial charge in [0.2, 0.25) is 0 Å². The number of nitrogens with zero attached hydrogens (tertiary/aromatic N) is 3. The molecule has 4 nitrogen and oxygen atoms in total. The van der Waals surface area contributed by atoms with Crippen molar-refractivity contribution in [2.24, 2.45) is 0 Å². The molecule has 0 spiro atoms. The van der Waals surface area contributed by atoms with Crippen LogP contribution in [0.3, 0.4) is 0 Å². The van der Waals surface area contributed by atoms with Crippen molar-refractivity contribution in [2.45, 2.75) is 150 Å². The summed E-state index contributed by atoms with van der Waals surface area (Å²) >= 11 is 0. The zero-order valence-electron chi connectivity index (χ0n) is 47.5. The van der Waals surface area contributed by atoms with Gasteiger partial charge < -0.3 is 19.1 Å². The minimum atomic E-state index is -0.0501. The van der Waals surface area contributed by atoms with E-state index in [4.69, 9.17) is 4.42 Å². The van der Waals surface area contributed by atoms with Crippen LogP contribution in [-0.4, -0.2) is 6.71 Å². The van der Waals surface area contributed by atoms with E-state index >= 15 is 0 Å². The third-order valence-electron chi connectivity index (χ3n) is 18.8. The van der Waals surface area contributed by atoms with Crippen LogP contribution in [0.4, 0.5) is 51.2 Å². The second-order valence-electron chi connectivity index (χ2n) is 26.9. The van der Waals surface area contributed by atoms with Crippen LogP contribution in [0.1, 0.15) is 146 Å². The summed E-state index contributed by atoms with van der Waals surface area (Å²) in [4.78, 5) is 7.74. The van der Waals surface area contributed by atoms with Gasteiger partial charge in [0.15, 0.2) is 5.58 Å². The van der Waals surface area contributed by atoms with Crippen LogP contribution in [-0.2, 0) is 27.1 Å². The summed E-state index contributed by atoms with van der Waals surface area (Å²) in [6.07, 6.45) is 4.65. The minimum absolute atomic E-state index is 0.0152. The summed E-state index contributed by atoms with van der Waals surface area (Å²) in [7, 11) is 0. The summed E-state index contributed by atoms with van der Waals surface area (Å²) in [5, 5.41) is 2.26. The first-order chi connectivity index (χ1) is 36.0. The van der Waals surface area contributed by atoms with Crippen LogP contribution in [0.5, 0.6) is 0 Å². The van der Waals surface area contributed by atoms with E-state index < -0.39 is 0 Å². The number of benzene rings is 8. The Morgan fingerprint density at radius 3 is 1.68 bits per heavy atom. The van der Waals surface area contributed by atoms with Crippen molar-refractivity contribution < 1.29 is 4.42 Å². The first kappa shape index (κ1) is 48.7. The van der Waals surface area contributed by atoms with Gasteiger partial charge in [-0.25, -0.2) is 0 Å². The fraction of sp³-hybridized carbons (Fsp3) is 0.324. The molecule has 0 atom stereocenters. The molecule has 8 aromatic carbocycles. The van der Waals surface area contributed by atoms with Crippen molar-refractivity contribution in [3.63, 3.8) is 0 Å². The van der Waals surface area contributed by atoms with Crippen LogP contribution in [0, 0.1) is 20.8 Å². The van der Waals surface area contributed by atoms with Gasteiger partial charge in [0, 0.05) is 56.3 Å². The van der Waals surface area contributed by atoms with E-state index in [0.717, 1.165) is 58.3 Å². The van der Waals surface area contributed by atoms with E-state index in [-0.39, 0.29) is 33.8 Å². The van der Waals surface area contributed by atoms with Crippen LogP contribution >= 0.6 is 0 Å². The molecule has 0 fully saturated rings. The molecule has 3 heterocycles. The lowest BCUT2D eigenvalue weighted by Crippen LogP contribution is -2.62. The average Bonchev–Trinajstić information content (AvgIpc) is 3.88. The zero-order valence-corrected chi connectivity index (χ0v) is 47.5. The molecule has 0 unspecified atom stereocenters. The molecule has 0 saturated carbocycles. The smallest absolute Gasteiger partial charge is 0.252 e. The lowest BCUT2D eigenvalue weighted by molar-refractivity contribution is 0.332. The standard InChI is InChI=1S/C71H74BN3O/c1-43-36-62-65-63(37-43)75(59-25-19-22-50-49-29-26-46(67(4,5)6)38-64(49)76-66(50)59)60-40-48(73(57-23-17-15-20-44(57)2)58-24-18-16-21-45(58)3)28-31-55(60)72(65)56-41-53-54(71(13,14)35-34-70(53,11)12)42-61(56)74(62)47-27-30-51-52(39-47)69(9,10)33-32-68(51,7)8/h15-31,36-42H,32-35H2,1-14H3. The highest BCUT2D eigenvalue weighted by Gasteiger charge is 2.48. The zero-order chi connectivity index (χ0) is 53.2. The van der Waals surface area contributed by atoms with Gasteiger partial charge in [-0.2, -0.15) is 0 Å². The third kappa shape index (κ3) is 7.30. The molecule has 5 heteroatoms. The first-order valence-electron chi connectivity index (χ1n) is 28.1. The summed E-state index contributed by atoms with van der Waals surface area (Å²) in [5.41, 5.74) is 27.5. The molecule has 2 aliphatic heterocycles. The molecule has 0 radical (unpaired) electrons. The van der Waals surface area contributed by atoms with Gasteiger partial charge in [-0.3, -0.25) is 0 Å². The molecule has 0 saturated heterocycles. The number of furan rings is 1. The van der Waals surface area contributed by atoms with E-state index in [1.54, 1.807) is 0 Å².